The molecule has 21 heavy (non-hydrogen) atoms. The number of rotatable bonds is 8. The normalized spacial score (nSPS) is 15.6. The van der Waals surface area contributed by atoms with Gasteiger partial charge in [-0.3, -0.25) is 4.79 Å². The van der Waals surface area contributed by atoms with Gasteiger partial charge in [-0.05, 0) is 44.5 Å². The Kier molecular flexibility index (Phi) is 6.06. The Morgan fingerprint density at radius 1 is 1.48 bits per heavy atom. The summed E-state index contributed by atoms with van der Waals surface area (Å²) < 4.78 is 6.84. The molecule has 1 amide bonds. The van der Waals surface area contributed by atoms with Crippen LogP contribution in [0.3, 0.4) is 0 Å². The van der Waals surface area contributed by atoms with Crippen LogP contribution in [0.2, 0.25) is 0 Å². The van der Waals surface area contributed by atoms with Crippen molar-refractivity contribution in [3.05, 3.63) is 28.2 Å². The fourth-order valence-electron chi connectivity index (χ4n) is 2.19. The van der Waals surface area contributed by atoms with Crippen molar-refractivity contribution in [2.24, 2.45) is 0 Å². The van der Waals surface area contributed by atoms with Crippen molar-refractivity contribution in [3.63, 3.8) is 0 Å². The van der Waals surface area contributed by atoms with Crippen LogP contribution >= 0.6 is 15.9 Å². The molecule has 0 aliphatic heterocycles. The number of nitrogens with one attached hydrogen (secondary N) is 2. The van der Waals surface area contributed by atoms with Crippen molar-refractivity contribution in [3.8, 4) is 5.75 Å². The largest absolute Gasteiger partial charge is 0.493 e. The molecule has 1 aliphatic carbocycles. The molecule has 1 saturated carbocycles. The Labute approximate surface area is 134 Å². The monoisotopic (exact) mass is 354 g/mol. The number of hydrogen-bond donors (Lipinski definition) is 2. The van der Waals surface area contributed by atoms with Crippen molar-refractivity contribution < 1.29 is 9.53 Å². The zero-order valence-electron chi connectivity index (χ0n) is 12.6. The highest BCUT2D eigenvalue weighted by molar-refractivity contribution is 9.10. The van der Waals surface area contributed by atoms with Crippen LogP contribution in [0.5, 0.6) is 5.75 Å². The molecule has 0 heterocycles. The zero-order chi connectivity index (χ0) is 15.2. The third-order valence-electron chi connectivity index (χ3n) is 3.48. The van der Waals surface area contributed by atoms with E-state index in [2.05, 4.69) is 46.5 Å². The van der Waals surface area contributed by atoms with Gasteiger partial charge in [-0.2, -0.15) is 0 Å². The maximum atomic E-state index is 11.6. The molecule has 1 aromatic rings. The van der Waals surface area contributed by atoms with E-state index in [1.54, 1.807) is 0 Å². The minimum atomic E-state index is 0.0795. The number of halogens is 1. The van der Waals surface area contributed by atoms with Gasteiger partial charge in [0.15, 0.2) is 0 Å². The lowest BCUT2D eigenvalue weighted by Crippen LogP contribution is -2.26. The fourth-order valence-corrected chi connectivity index (χ4v) is 2.57. The number of carbonyl (C=O) groups is 1. The molecule has 0 spiro atoms. The summed E-state index contributed by atoms with van der Waals surface area (Å²) in [5, 5.41) is 6.35. The summed E-state index contributed by atoms with van der Waals surface area (Å²) in [5.41, 5.74) is 1.11. The lowest BCUT2D eigenvalue weighted by Gasteiger charge is -2.18. The van der Waals surface area contributed by atoms with Gasteiger partial charge in [0.25, 0.3) is 0 Å². The molecule has 1 aromatic carbocycles. The Bertz CT molecular complexity index is 489. The Balaban J connectivity index is 1.90. The average Bonchev–Trinajstić information content (AvgIpc) is 3.24. The molecular formula is C16H23BrN2O2. The van der Waals surface area contributed by atoms with Gasteiger partial charge in [0.1, 0.15) is 5.75 Å². The van der Waals surface area contributed by atoms with E-state index in [-0.39, 0.29) is 11.9 Å². The van der Waals surface area contributed by atoms with Crippen molar-refractivity contribution in [1.82, 2.24) is 10.6 Å². The first-order chi connectivity index (χ1) is 10.1. The first-order valence-electron chi connectivity index (χ1n) is 7.55. The van der Waals surface area contributed by atoms with Gasteiger partial charge >= 0.3 is 0 Å². The smallest absolute Gasteiger partial charge is 0.223 e. The van der Waals surface area contributed by atoms with Crippen molar-refractivity contribution in [2.75, 3.05) is 13.2 Å². The van der Waals surface area contributed by atoms with E-state index in [4.69, 9.17) is 4.74 Å². The molecule has 116 valence electrons. The standard InChI is InChI=1S/C16H23BrN2O2/c1-3-18-11(2)14-10-12(17)4-7-15(14)21-9-8-16(20)19-13-5-6-13/h4,7,10-11,13,18H,3,5-6,8-9H2,1-2H3,(H,19,20). The molecule has 2 N–H and O–H groups in total. The first kappa shape index (κ1) is 16.3. The van der Waals surface area contributed by atoms with E-state index in [9.17, 15) is 4.79 Å². The molecule has 0 saturated heterocycles. The SMILES string of the molecule is CCNC(C)c1cc(Br)ccc1OCCC(=O)NC1CC1. The summed E-state index contributed by atoms with van der Waals surface area (Å²) in [5.74, 6) is 0.918. The highest BCUT2D eigenvalue weighted by Crippen LogP contribution is 2.28. The number of carbonyl (C=O) groups excluding carboxylic acids is 1. The van der Waals surface area contributed by atoms with E-state index in [0.29, 0.717) is 19.1 Å². The van der Waals surface area contributed by atoms with Gasteiger partial charge in [0.2, 0.25) is 5.91 Å². The van der Waals surface area contributed by atoms with E-state index >= 15 is 0 Å². The lowest BCUT2D eigenvalue weighted by atomic mass is 10.1. The van der Waals surface area contributed by atoms with E-state index in [1.807, 2.05) is 12.1 Å². The number of amides is 1. The predicted molar refractivity (Wildman–Crippen MR) is 87.5 cm³/mol. The Morgan fingerprint density at radius 3 is 2.90 bits per heavy atom. The van der Waals surface area contributed by atoms with Gasteiger partial charge in [-0.25, -0.2) is 0 Å². The van der Waals surface area contributed by atoms with Gasteiger partial charge in [-0.15, -0.1) is 0 Å². The van der Waals surface area contributed by atoms with E-state index in [1.165, 1.54) is 0 Å². The molecule has 1 unspecified atom stereocenters. The molecule has 1 atom stereocenters. The third kappa shape index (κ3) is 5.32. The molecule has 0 bridgehead atoms. The topological polar surface area (TPSA) is 50.4 Å². The number of hydrogen-bond acceptors (Lipinski definition) is 3. The molecule has 1 aliphatic rings. The maximum absolute atomic E-state index is 11.6. The fraction of sp³-hybridized carbons (Fsp3) is 0.562. The van der Waals surface area contributed by atoms with Crippen LogP contribution in [0.4, 0.5) is 0 Å². The minimum Gasteiger partial charge on any atom is -0.493 e. The quantitative estimate of drug-likeness (QED) is 0.753. The van der Waals surface area contributed by atoms with E-state index in [0.717, 1.165) is 35.2 Å². The summed E-state index contributed by atoms with van der Waals surface area (Å²) in [6.45, 7) is 5.50. The highest BCUT2D eigenvalue weighted by atomic mass is 79.9. The molecule has 0 aromatic heterocycles. The van der Waals surface area contributed by atoms with Gasteiger partial charge in [0.05, 0.1) is 13.0 Å². The van der Waals surface area contributed by atoms with Crippen molar-refractivity contribution in [1.29, 1.82) is 0 Å². The zero-order valence-corrected chi connectivity index (χ0v) is 14.2. The van der Waals surface area contributed by atoms with Gasteiger partial charge in [-0.1, -0.05) is 22.9 Å². The lowest BCUT2D eigenvalue weighted by molar-refractivity contribution is -0.121. The van der Waals surface area contributed by atoms with Crippen LogP contribution < -0.4 is 15.4 Å². The van der Waals surface area contributed by atoms with Gasteiger partial charge in [0, 0.05) is 22.1 Å². The second-order valence-corrected chi connectivity index (χ2v) is 6.32. The number of benzene rings is 1. The molecule has 2 rings (SSSR count). The van der Waals surface area contributed by atoms with Crippen LogP contribution in [0.1, 0.15) is 44.7 Å². The Morgan fingerprint density at radius 2 is 2.24 bits per heavy atom. The van der Waals surface area contributed by atoms with Gasteiger partial charge < -0.3 is 15.4 Å². The summed E-state index contributed by atoms with van der Waals surface area (Å²) in [6, 6.07) is 6.60. The summed E-state index contributed by atoms with van der Waals surface area (Å²) in [6.07, 6.45) is 2.63. The van der Waals surface area contributed by atoms with Crippen LogP contribution in [0.25, 0.3) is 0 Å². The third-order valence-corrected chi connectivity index (χ3v) is 3.97. The molecule has 4 nitrogen and oxygen atoms in total. The number of ether oxygens (including phenoxy) is 1. The summed E-state index contributed by atoms with van der Waals surface area (Å²) in [7, 11) is 0. The minimum absolute atomic E-state index is 0.0795. The summed E-state index contributed by atoms with van der Waals surface area (Å²) >= 11 is 3.49. The van der Waals surface area contributed by atoms with Crippen LogP contribution in [-0.4, -0.2) is 25.1 Å². The molecular weight excluding hydrogens is 332 g/mol. The van der Waals surface area contributed by atoms with Crippen molar-refractivity contribution in [2.45, 2.75) is 45.2 Å². The predicted octanol–water partition coefficient (Wildman–Crippen LogP) is 3.17. The highest BCUT2D eigenvalue weighted by Gasteiger charge is 2.23. The maximum Gasteiger partial charge on any atom is 0.223 e. The molecule has 0 radical (unpaired) electrons. The van der Waals surface area contributed by atoms with Crippen LogP contribution in [-0.2, 0) is 4.79 Å². The first-order valence-corrected chi connectivity index (χ1v) is 8.34. The molecule has 5 heteroatoms. The van der Waals surface area contributed by atoms with Crippen LogP contribution in [0, 0.1) is 0 Å². The summed E-state index contributed by atoms with van der Waals surface area (Å²) in [4.78, 5) is 11.6. The van der Waals surface area contributed by atoms with Crippen molar-refractivity contribution >= 4 is 21.8 Å². The second kappa shape index (κ2) is 7.80. The van der Waals surface area contributed by atoms with E-state index < -0.39 is 0 Å². The molecule has 1 fully saturated rings. The van der Waals surface area contributed by atoms with Crippen LogP contribution in [0.15, 0.2) is 22.7 Å². The second-order valence-electron chi connectivity index (χ2n) is 5.40. The average molecular weight is 355 g/mol. The Hall–Kier alpha value is -1.07.